The average molecular weight is 491 g/mol. The third kappa shape index (κ3) is 17.5. The average Bonchev–Trinajstić information content (AvgIpc) is 2.76. The van der Waals surface area contributed by atoms with Crippen molar-refractivity contribution in [2.24, 2.45) is 5.92 Å². The van der Waals surface area contributed by atoms with Crippen LogP contribution in [0.2, 0.25) is 0 Å². The van der Waals surface area contributed by atoms with Crippen LogP contribution in [-0.2, 0) is 28.7 Å². The second-order valence-corrected chi connectivity index (χ2v) is 9.61. The zero-order valence-corrected chi connectivity index (χ0v) is 21.3. The van der Waals surface area contributed by atoms with Crippen molar-refractivity contribution in [1.82, 2.24) is 10.6 Å². The van der Waals surface area contributed by atoms with E-state index in [1.54, 1.807) is 0 Å². The summed E-state index contributed by atoms with van der Waals surface area (Å²) in [6, 6.07) is 0. The number of ketones is 1. The molecular formula is C23H42N2O7S. The van der Waals surface area contributed by atoms with Gasteiger partial charge in [0.15, 0.2) is 0 Å². The quantitative estimate of drug-likeness (QED) is 0.209. The molecule has 0 aliphatic rings. The van der Waals surface area contributed by atoms with Gasteiger partial charge in [0, 0.05) is 37.1 Å². The molecule has 0 radical (unpaired) electrons. The maximum absolute atomic E-state index is 12.2. The summed E-state index contributed by atoms with van der Waals surface area (Å²) < 4.78 is 10.8. The molecule has 0 spiro atoms. The first-order valence-electron chi connectivity index (χ1n) is 11.8. The molecule has 0 aliphatic carbocycles. The zero-order valence-electron chi connectivity index (χ0n) is 20.5. The molecule has 0 heterocycles. The van der Waals surface area contributed by atoms with E-state index in [1.165, 1.54) is 11.8 Å². The Morgan fingerprint density at radius 3 is 2.18 bits per heavy atom. The summed E-state index contributed by atoms with van der Waals surface area (Å²) >= 11 is 1.33. The molecule has 2 amide bonds. The van der Waals surface area contributed by atoms with E-state index in [1.807, 2.05) is 20.8 Å². The molecule has 0 aromatic heterocycles. The van der Waals surface area contributed by atoms with Gasteiger partial charge in [-0.15, -0.1) is 11.8 Å². The standard InChI is InChI=1S/C23H42N2O7S/c1-5-7-17(3)19(26)9-12-31-14-15-32-13-11-24-21(27)8-10-25-23(30)20(16-22(28)29)33-18(4)6-2/h17-18,20H,5-16H2,1-4H3,(H,24,27)(H,25,30)(H,28,29). The Morgan fingerprint density at radius 2 is 1.58 bits per heavy atom. The molecule has 0 saturated heterocycles. The lowest BCUT2D eigenvalue weighted by Crippen LogP contribution is -2.38. The predicted octanol–water partition coefficient (Wildman–Crippen LogP) is 2.41. The lowest BCUT2D eigenvalue weighted by atomic mass is 9.99. The van der Waals surface area contributed by atoms with E-state index in [4.69, 9.17) is 14.6 Å². The molecule has 0 aliphatic heterocycles. The monoisotopic (exact) mass is 490 g/mol. The Morgan fingerprint density at radius 1 is 0.909 bits per heavy atom. The van der Waals surface area contributed by atoms with Crippen molar-refractivity contribution < 1.29 is 33.8 Å². The van der Waals surface area contributed by atoms with Crippen molar-refractivity contribution in [2.45, 2.75) is 76.7 Å². The van der Waals surface area contributed by atoms with Crippen LogP contribution in [0.15, 0.2) is 0 Å². The predicted molar refractivity (Wildman–Crippen MR) is 129 cm³/mol. The summed E-state index contributed by atoms with van der Waals surface area (Å²) in [4.78, 5) is 46.9. The third-order valence-electron chi connectivity index (χ3n) is 4.98. The molecule has 3 N–H and O–H groups in total. The first-order valence-corrected chi connectivity index (χ1v) is 12.7. The van der Waals surface area contributed by atoms with Gasteiger partial charge in [-0.1, -0.05) is 34.1 Å². The highest BCUT2D eigenvalue weighted by atomic mass is 32.2. The van der Waals surface area contributed by atoms with Crippen molar-refractivity contribution in [2.75, 3.05) is 39.5 Å². The molecule has 0 aromatic rings. The fraction of sp³-hybridized carbons (Fsp3) is 0.826. The molecule has 0 bridgehead atoms. The molecule has 3 atom stereocenters. The molecule has 3 unspecified atom stereocenters. The SMILES string of the molecule is CCCC(C)C(=O)CCOCCOCCNC(=O)CCNC(=O)C(CC(=O)O)SC(C)CC. The summed E-state index contributed by atoms with van der Waals surface area (Å²) in [6.07, 6.45) is 3.01. The number of nitrogens with one attached hydrogen (secondary N) is 2. The second-order valence-electron chi connectivity index (χ2n) is 7.96. The molecule has 10 heteroatoms. The summed E-state index contributed by atoms with van der Waals surface area (Å²) in [5.74, 6) is -1.30. The number of amides is 2. The molecule has 0 aromatic carbocycles. The Balaban J connectivity index is 3.80. The van der Waals surface area contributed by atoms with E-state index in [0.717, 1.165) is 19.3 Å². The Labute approximate surface area is 202 Å². The molecule has 9 nitrogen and oxygen atoms in total. The first-order chi connectivity index (χ1) is 15.7. The van der Waals surface area contributed by atoms with Crippen molar-refractivity contribution >= 4 is 35.3 Å². The van der Waals surface area contributed by atoms with Crippen LogP contribution in [0.5, 0.6) is 0 Å². The Bertz CT molecular complexity index is 589. The Kier molecular flexibility index (Phi) is 18.8. The summed E-state index contributed by atoms with van der Waals surface area (Å²) in [5.41, 5.74) is 0. The number of hydrogen-bond donors (Lipinski definition) is 3. The number of carbonyl (C=O) groups is 4. The van der Waals surface area contributed by atoms with Gasteiger partial charge in [-0.2, -0.15) is 0 Å². The largest absolute Gasteiger partial charge is 0.481 e. The van der Waals surface area contributed by atoms with Gasteiger partial charge in [0.05, 0.1) is 38.1 Å². The zero-order chi connectivity index (χ0) is 25.1. The number of carboxylic acids is 1. The number of thioether (sulfide) groups is 1. The summed E-state index contributed by atoms with van der Waals surface area (Å²) in [6.45, 7) is 9.91. The minimum absolute atomic E-state index is 0.0848. The highest BCUT2D eigenvalue weighted by Gasteiger charge is 2.24. The van der Waals surface area contributed by atoms with Crippen LogP contribution >= 0.6 is 11.8 Å². The van der Waals surface area contributed by atoms with E-state index in [9.17, 15) is 19.2 Å². The lowest BCUT2D eigenvalue weighted by molar-refractivity contribution is -0.138. The van der Waals surface area contributed by atoms with Crippen molar-refractivity contribution in [3.8, 4) is 0 Å². The van der Waals surface area contributed by atoms with Crippen molar-refractivity contribution in [3.63, 3.8) is 0 Å². The molecular weight excluding hydrogens is 448 g/mol. The highest BCUT2D eigenvalue weighted by Crippen LogP contribution is 2.23. The van der Waals surface area contributed by atoms with Crippen LogP contribution in [0, 0.1) is 5.92 Å². The fourth-order valence-electron chi connectivity index (χ4n) is 2.84. The molecule has 192 valence electrons. The molecule has 0 saturated carbocycles. The lowest BCUT2D eigenvalue weighted by Gasteiger charge is -2.18. The maximum Gasteiger partial charge on any atom is 0.305 e. The van der Waals surface area contributed by atoms with Crippen LogP contribution in [-0.4, -0.2) is 78.7 Å². The number of carboxylic acid groups (broad SMARTS) is 1. The first kappa shape index (κ1) is 31.4. The van der Waals surface area contributed by atoms with Crippen LogP contribution in [0.25, 0.3) is 0 Å². The van der Waals surface area contributed by atoms with Gasteiger partial charge in [0.2, 0.25) is 11.8 Å². The molecule has 0 fully saturated rings. The van der Waals surface area contributed by atoms with Crippen molar-refractivity contribution in [1.29, 1.82) is 0 Å². The highest BCUT2D eigenvalue weighted by molar-refractivity contribution is 8.01. The van der Waals surface area contributed by atoms with E-state index in [-0.39, 0.29) is 48.2 Å². The van der Waals surface area contributed by atoms with Gasteiger partial charge in [0.1, 0.15) is 5.78 Å². The van der Waals surface area contributed by atoms with Gasteiger partial charge in [-0.05, 0) is 12.8 Å². The van der Waals surface area contributed by atoms with E-state index in [2.05, 4.69) is 17.6 Å². The van der Waals surface area contributed by atoms with Gasteiger partial charge in [0.25, 0.3) is 0 Å². The van der Waals surface area contributed by atoms with Gasteiger partial charge < -0.3 is 25.2 Å². The van der Waals surface area contributed by atoms with Gasteiger partial charge in [-0.25, -0.2) is 0 Å². The third-order valence-corrected chi connectivity index (χ3v) is 6.49. The molecule has 0 rings (SSSR count). The number of hydrogen-bond acceptors (Lipinski definition) is 7. The van der Waals surface area contributed by atoms with Crippen LogP contribution in [0.3, 0.4) is 0 Å². The van der Waals surface area contributed by atoms with E-state index in [0.29, 0.717) is 39.4 Å². The number of Topliss-reactive ketones (excluding diaryl/α,β-unsaturated/α-hetero) is 1. The van der Waals surface area contributed by atoms with Crippen LogP contribution < -0.4 is 10.6 Å². The second kappa shape index (κ2) is 19.8. The number of aliphatic carboxylic acids is 1. The van der Waals surface area contributed by atoms with E-state index < -0.39 is 11.2 Å². The number of rotatable bonds is 21. The fourth-order valence-corrected chi connectivity index (χ4v) is 4.04. The smallest absolute Gasteiger partial charge is 0.305 e. The summed E-state index contributed by atoms with van der Waals surface area (Å²) in [7, 11) is 0. The Hall–Kier alpha value is -1.65. The van der Waals surface area contributed by atoms with Crippen molar-refractivity contribution in [3.05, 3.63) is 0 Å². The van der Waals surface area contributed by atoms with E-state index >= 15 is 0 Å². The number of carbonyl (C=O) groups excluding carboxylic acids is 3. The minimum atomic E-state index is -1.02. The maximum atomic E-state index is 12.2. The van der Waals surface area contributed by atoms with Gasteiger partial charge in [-0.3, -0.25) is 19.2 Å². The number of ether oxygens (including phenoxy) is 2. The van der Waals surface area contributed by atoms with Crippen LogP contribution in [0.1, 0.15) is 66.2 Å². The minimum Gasteiger partial charge on any atom is -0.481 e. The van der Waals surface area contributed by atoms with Crippen LogP contribution in [0.4, 0.5) is 0 Å². The normalized spacial score (nSPS) is 13.7. The molecule has 33 heavy (non-hydrogen) atoms. The summed E-state index contributed by atoms with van der Waals surface area (Å²) in [5, 5.41) is 13.8. The van der Waals surface area contributed by atoms with Gasteiger partial charge >= 0.3 is 5.97 Å². The topological polar surface area (TPSA) is 131 Å².